The zero-order valence-corrected chi connectivity index (χ0v) is 29.3. The molecule has 1 heterocycles. The molecular weight excluding hydrogens is 609 g/mol. The van der Waals surface area contributed by atoms with Gasteiger partial charge in [0.1, 0.15) is 8.07 Å². The second-order valence-corrected chi connectivity index (χ2v) is 17.8. The van der Waals surface area contributed by atoms with E-state index in [0.29, 0.717) is 0 Å². The third-order valence-electron chi connectivity index (χ3n) is 10.2. The molecule has 0 aromatic heterocycles. The van der Waals surface area contributed by atoms with Gasteiger partial charge in [0.05, 0.1) is 5.69 Å². The van der Waals surface area contributed by atoms with Gasteiger partial charge in [-0.1, -0.05) is 135 Å². The molecule has 0 saturated carbocycles. The summed E-state index contributed by atoms with van der Waals surface area (Å²) in [6.07, 6.45) is 0. The predicted octanol–water partition coefficient (Wildman–Crippen LogP) is 11.6. The van der Waals surface area contributed by atoms with Crippen LogP contribution >= 0.6 is 0 Å². The Kier molecular flexibility index (Phi) is 7.99. The minimum absolute atomic E-state index is 0.245. The van der Waals surface area contributed by atoms with Gasteiger partial charge in [-0.15, -0.1) is 0 Å². The lowest BCUT2D eigenvalue weighted by atomic mass is 9.92. The van der Waals surface area contributed by atoms with Gasteiger partial charge in [-0.2, -0.15) is 0 Å². The molecule has 0 spiro atoms. The Hall–Kier alpha value is -5.64. The lowest BCUT2D eigenvalue weighted by Gasteiger charge is -2.29. The minimum Gasteiger partial charge on any atom is -0.311 e. The van der Waals surface area contributed by atoms with E-state index in [9.17, 15) is 0 Å². The highest BCUT2D eigenvalue weighted by atomic mass is 28.3. The Morgan fingerprint density at radius 1 is 0.388 bits per heavy atom. The van der Waals surface area contributed by atoms with Crippen molar-refractivity contribution in [3.05, 3.63) is 193 Å². The molecule has 2 nitrogen and oxygen atoms in total. The molecule has 0 fully saturated rings. The van der Waals surface area contributed by atoms with Crippen LogP contribution in [0.5, 0.6) is 0 Å². The summed E-state index contributed by atoms with van der Waals surface area (Å²) in [6.45, 7) is 7.27. The van der Waals surface area contributed by atoms with Crippen molar-refractivity contribution in [3.8, 4) is 11.1 Å². The largest absolute Gasteiger partial charge is 0.311 e. The van der Waals surface area contributed by atoms with Gasteiger partial charge in [0.25, 0.3) is 0 Å². The van der Waals surface area contributed by atoms with Crippen LogP contribution in [0, 0.1) is 0 Å². The van der Waals surface area contributed by atoms with E-state index in [1.165, 1.54) is 38.3 Å². The standard InChI is InChI=1S/C46H40N2Si/c1-34(35-26-30-40(31-27-35)47(37-16-7-4-8-17-37)38-18-9-5-10-19-38)36-28-32-41(33-29-36)48(39-20-11-6-12-21-39)43-23-15-25-45-46(43)42-22-13-14-24-44(42)49(45,2)3/h4-34H,1-3H3. The number of para-hydroxylation sites is 3. The Balaban J connectivity index is 1.13. The van der Waals surface area contributed by atoms with Crippen molar-refractivity contribution < 1.29 is 0 Å². The lowest BCUT2D eigenvalue weighted by molar-refractivity contribution is 0.922. The highest BCUT2D eigenvalue weighted by Gasteiger charge is 2.39. The number of benzene rings is 7. The first-order valence-corrected chi connectivity index (χ1v) is 20.2. The normalized spacial score (nSPS) is 13.3. The molecule has 7 aromatic rings. The van der Waals surface area contributed by atoms with Crippen molar-refractivity contribution in [2.24, 2.45) is 0 Å². The highest BCUT2D eigenvalue weighted by Crippen LogP contribution is 2.43. The minimum atomic E-state index is -1.80. The van der Waals surface area contributed by atoms with Crippen LogP contribution in [0.2, 0.25) is 13.1 Å². The topological polar surface area (TPSA) is 6.48 Å². The molecule has 0 bridgehead atoms. The van der Waals surface area contributed by atoms with Gasteiger partial charge in [-0.25, -0.2) is 0 Å². The average molecular weight is 649 g/mol. The summed E-state index contributed by atoms with van der Waals surface area (Å²) in [6, 6.07) is 66.2. The predicted molar refractivity (Wildman–Crippen MR) is 212 cm³/mol. The monoisotopic (exact) mass is 648 g/mol. The molecule has 3 heteroatoms. The number of rotatable bonds is 8. The molecule has 1 unspecified atom stereocenters. The van der Waals surface area contributed by atoms with Crippen LogP contribution in [-0.2, 0) is 0 Å². The first-order chi connectivity index (χ1) is 24.0. The first kappa shape index (κ1) is 30.7. The van der Waals surface area contributed by atoms with E-state index >= 15 is 0 Å². The third-order valence-corrected chi connectivity index (χ3v) is 13.7. The molecule has 0 aliphatic carbocycles. The van der Waals surface area contributed by atoms with Crippen LogP contribution in [0.3, 0.4) is 0 Å². The maximum Gasteiger partial charge on any atom is 0.113 e. The van der Waals surface area contributed by atoms with Crippen molar-refractivity contribution in [1.82, 2.24) is 0 Å². The molecule has 0 radical (unpaired) electrons. The number of fused-ring (bicyclic) bond motifs is 3. The summed E-state index contributed by atoms with van der Waals surface area (Å²) in [5.41, 5.74) is 12.4. The molecule has 8 rings (SSSR count). The van der Waals surface area contributed by atoms with Crippen LogP contribution in [-0.4, -0.2) is 8.07 Å². The zero-order valence-electron chi connectivity index (χ0n) is 28.3. The maximum atomic E-state index is 2.48. The molecule has 49 heavy (non-hydrogen) atoms. The SMILES string of the molecule is CC(c1ccc(N(c2ccccc2)c2ccccc2)cc1)c1ccc(N(c2ccccc2)c2cccc3c2-c2ccccc2[Si]3(C)C)cc1. The van der Waals surface area contributed by atoms with Crippen LogP contribution < -0.4 is 20.2 Å². The molecule has 0 saturated heterocycles. The summed E-state index contributed by atoms with van der Waals surface area (Å²) in [5, 5.41) is 3.04. The quantitative estimate of drug-likeness (QED) is 0.151. The fourth-order valence-electron chi connectivity index (χ4n) is 7.54. The van der Waals surface area contributed by atoms with Crippen LogP contribution in [0.15, 0.2) is 182 Å². The average Bonchev–Trinajstić information content (AvgIpc) is 3.40. The number of nitrogens with zero attached hydrogens (tertiary/aromatic N) is 2. The molecular formula is C46H40N2Si. The summed E-state index contributed by atoms with van der Waals surface area (Å²) in [5.74, 6) is 0.245. The Bertz CT molecular complexity index is 2150. The summed E-state index contributed by atoms with van der Waals surface area (Å²) in [7, 11) is -1.80. The maximum absolute atomic E-state index is 2.48. The van der Waals surface area contributed by atoms with Gasteiger partial charge < -0.3 is 9.80 Å². The molecule has 1 aliphatic heterocycles. The Morgan fingerprint density at radius 2 is 0.796 bits per heavy atom. The number of hydrogen-bond donors (Lipinski definition) is 0. The van der Waals surface area contributed by atoms with Gasteiger partial charge in [0.2, 0.25) is 0 Å². The van der Waals surface area contributed by atoms with Gasteiger partial charge in [0, 0.05) is 39.9 Å². The van der Waals surface area contributed by atoms with Crippen LogP contribution in [0.25, 0.3) is 11.1 Å². The number of hydrogen-bond acceptors (Lipinski definition) is 2. The van der Waals surface area contributed by atoms with Crippen molar-refractivity contribution in [2.45, 2.75) is 25.9 Å². The van der Waals surface area contributed by atoms with E-state index in [-0.39, 0.29) is 5.92 Å². The summed E-state index contributed by atoms with van der Waals surface area (Å²) in [4.78, 5) is 4.75. The van der Waals surface area contributed by atoms with E-state index in [2.05, 4.69) is 212 Å². The third kappa shape index (κ3) is 5.56. The van der Waals surface area contributed by atoms with Gasteiger partial charge in [0.15, 0.2) is 0 Å². The summed E-state index contributed by atoms with van der Waals surface area (Å²) >= 11 is 0. The fraction of sp³-hybridized carbons (Fsp3) is 0.0870. The van der Waals surface area contributed by atoms with Crippen molar-refractivity contribution >= 4 is 52.6 Å². The van der Waals surface area contributed by atoms with Crippen molar-refractivity contribution in [3.63, 3.8) is 0 Å². The first-order valence-electron chi connectivity index (χ1n) is 17.2. The Morgan fingerprint density at radius 3 is 1.33 bits per heavy atom. The van der Waals surface area contributed by atoms with Crippen LogP contribution in [0.4, 0.5) is 34.1 Å². The van der Waals surface area contributed by atoms with Gasteiger partial charge >= 0.3 is 0 Å². The molecule has 0 N–H and O–H groups in total. The lowest BCUT2D eigenvalue weighted by Crippen LogP contribution is -2.49. The molecule has 0 amide bonds. The molecule has 7 aromatic carbocycles. The Labute approximate surface area is 291 Å². The van der Waals surface area contributed by atoms with E-state index in [4.69, 9.17) is 0 Å². The summed E-state index contributed by atoms with van der Waals surface area (Å²) < 4.78 is 0. The molecule has 238 valence electrons. The van der Waals surface area contributed by atoms with E-state index in [0.717, 1.165) is 28.4 Å². The van der Waals surface area contributed by atoms with Gasteiger partial charge in [-0.3, -0.25) is 0 Å². The van der Waals surface area contributed by atoms with Gasteiger partial charge in [-0.05, 0) is 93.8 Å². The van der Waals surface area contributed by atoms with E-state index in [1.807, 2.05) is 0 Å². The fourth-order valence-corrected chi connectivity index (χ4v) is 10.6. The van der Waals surface area contributed by atoms with Crippen molar-refractivity contribution in [2.75, 3.05) is 9.80 Å². The smallest absolute Gasteiger partial charge is 0.113 e. The molecule has 1 aliphatic rings. The number of anilines is 6. The van der Waals surface area contributed by atoms with E-state index in [1.54, 1.807) is 0 Å². The zero-order chi connectivity index (χ0) is 33.4. The second kappa shape index (κ2) is 12.8. The van der Waals surface area contributed by atoms with E-state index < -0.39 is 8.07 Å². The molecule has 1 atom stereocenters. The van der Waals surface area contributed by atoms with Crippen LogP contribution in [0.1, 0.15) is 24.0 Å². The van der Waals surface area contributed by atoms with Crippen molar-refractivity contribution in [1.29, 1.82) is 0 Å². The highest BCUT2D eigenvalue weighted by molar-refractivity contribution is 7.04. The second-order valence-electron chi connectivity index (χ2n) is 13.5.